The average molecular weight is 408 g/mol. The first-order chi connectivity index (χ1) is 13.2. The molecule has 7 heteroatoms. The minimum absolute atomic E-state index is 0.0314. The van der Waals surface area contributed by atoms with Crippen molar-refractivity contribution in [3.05, 3.63) is 34.9 Å². The predicted molar refractivity (Wildman–Crippen MR) is 110 cm³/mol. The Kier molecular flexibility index (Phi) is 7.61. The van der Waals surface area contributed by atoms with Gasteiger partial charge < -0.3 is 9.80 Å². The maximum absolute atomic E-state index is 13.4. The summed E-state index contributed by atoms with van der Waals surface area (Å²) in [7, 11) is 5.51. The molecule has 0 saturated carbocycles. The summed E-state index contributed by atoms with van der Waals surface area (Å²) in [5, 5.41) is 0.405. The molecule has 1 aliphatic rings. The van der Waals surface area contributed by atoms with Crippen LogP contribution < -0.4 is 0 Å². The van der Waals surface area contributed by atoms with Crippen molar-refractivity contribution < 1.29 is 14.4 Å². The first kappa shape index (κ1) is 22.4. The van der Waals surface area contributed by atoms with E-state index in [-0.39, 0.29) is 30.6 Å². The minimum Gasteiger partial charge on any atom is -0.346 e. The van der Waals surface area contributed by atoms with Crippen molar-refractivity contribution >= 4 is 29.3 Å². The maximum atomic E-state index is 13.4. The first-order valence-corrected chi connectivity index (χ1v) is 10.1. The van der Waals surface area contributed by atoms with Gasteiger partial charge in [0.2, 0.25) is 17.7 Å². The molecule has 2 rings (SSSR count). The molecule has 1 aliphatic heterocycles. The molecule has 0 N–H and O–H groups in total. The highest BCUT2D eigenvalue weighted by Crippen LogP contribution is 2.43. The van der Waals surface area contributed by atoms with Crippen LogP contribution in [-0.4, -0.2) is 73.2 Å². The van der Waals surface area contributed by atoms with Crippen LogP contribution in [0.25, 0.3) is 0 Å². The lowest BCUT2D eigenvalue weighted by Gasteiger charge is -2.30. The van der Waals surface area contributed by atoms with Crippen molar-refractivity contribution in [2.24, 2.45) is 0 Å². The van der Waals surface area contributed by atoms with E-state index in [1.807, 2.05) is 19.0 Å². The van der Waals surface area contributed by atoms with E-state index in [0.29, 0.717) is 30.2 Å². The zero-order valence-electron chi connectivity index (χ0n) is 17.2. The lowest BCUT2D eigenvalue weighted by molar-refractivity contribution is -0.142. The van der Waals surface area contributed by atoms with Gasteiger partial charge in [-0.3, -0.25) is 19.3 Å². The molecule has 1 heterocycles. The van der Waals surface area contributed by atoms with E-state index in [2.05, 4.69) is 6.92 Å². The van der Waals surface area contributed by atoms with Crippen LogP contribution in [0, 0.1) is 0 Å². The van der Waals surface area contributed by atoms with Crippen molar-refractivity contribution in [2.45, 2.75) is 38.0 Å². The molecule has 154 valence electrons. The molecule has 0 radical (unpaired) electrons. The fourth-order valence-corrected chi connectivity index (χ4v) is 3.85. The van der Waals surface area contributed by atoms with Gasteiger partial charge in [0.15, 0.2) is 0 Å². The number of benzene rings is 1. The van der Waals surface area contributed by atoms with Crippen LogP contribution in [0.5, 0.6) is 0 Å². The van der Waals surface area contributed by atoms with Crippen LogP contribution in [-0.2, 0) is 19.8 Å². The molecule has 0 bridgehead atoms. The summed E-state index contributed by atoms with van der Waals surface area (Å²) in [6.07, 6.45) is 1.78. The van der Waals surface area contributed by atoms with Crippen LogP contribution in [0.1, 0.15) is 38.2 Å². The Hall–Kier alpha value is -1.92. The molecule has 0 aliphatic carbocycles. The summed E-state index contributed by atoms with van der Waals surface area (Å²) in [5.74, 6) is -0.732. The van der Waals surface area contributed by atoms with E-state index >= 15 is 0 Å². The van der Waals surface area contributed by atoms with E-state index in [1.165, 1.54) is 4.90 Å². The Bertz CT molecular complexity index is 737. The third kappa shape index (κ3) is 4.73. The molecular weight excluding hydrogens is 378 g/mol. The molecule has 1 unspecified atom stereocenters. The zero-order chi connectivity index (χ0) is 20.9. The lowest BCUT2D eigenvalue weighted by atomic mass is 9.75. The molecular formula is C21H30ClN3O3. The van der Waals surface area contributed by atoms with Crippen molar-refractivity contribution in [3.63, 3.8) is 0 Å². The first-order valence-electron chi connectivity index (χ1n) is 9.71. The van der Waals surface area contributed by atoms with Crippen LogP contribution in [0.2, 0.25) is 5.02 Å². The van der Waals surface area contributed by atoms with Crippen LogP contribution in [0.4, 0.5) is 0 Å². The number of likely N-dealkylation sites (N-methyl/N-ethyl adjacent to an activating group) is 1. The second-order valence-electron chi connectivity index (χ2n) is 7.74. The monoisotopic (exact) mass is 407 g/mol. The number of carbonyl (C=O) groups excluding carboxylic acids is 3. The predicted octanol–water partition coefficient (Wildman–Crippen LogP) is 2.55. The maximum Gasteiger partial charge on any atom is 0.240 e. The van der Waals surface area contributed by atoms with E-state index in [1.54, 1.807) is 36.2 Å². The van der Waals surface area contributed by atoms with Gasteiger partial charge in [-0.2, -0.15) is 0 Å². The fraction of sp³-hybridized carbons (Fsp3) is 0.571. The highest BCUT2D eigenvalue weighted by atomic mass is 35.5. The molecule has 3 amide bonds. The Morgan fingerprint density at radius 2 is 1.86 bits per heavy atom. The number of amides is 3. The number of rotatable bonds is 9. The number of likely N-dealkylation sites (tertiary alicyclic amines) is 1. The summed E-state index contributed by atoms with van der Waals surface area (Å²) >= 11 is 6.41. The highest BCUT2D eigenvalue weighted by Gasteiger charge is 2.54. The normalized spacial score (nSPS) is 19.6. The molecule has 1 aromatic rings. The minimum atomic E-state index is -1.24. The van der Waals surface area contributed by atoms with E-state index < -0.39 is 5.41 Å². The van der Waals surface area contributed by atoms with E-state index in [0.717, 1.165) is 12.8 Å². The summed E-state index contributed by atoms with van der Waals surface area (Å²) in [4.78, 5) is 43.9. The standard InChI is InChI=1S/C21H30ClN3O3/c1-5-6-11-24(4)18(26)14-21(16-9-7-8-10-17(16)22)15-19(27)25(20(21)28)13-12-23(2)3/h7-10H,5-6,11-15H2,1-4H3. The van der Waals surface area contributed by atoms with Gasteiger partial charge >= 0.3 is 0 Å². The van der Waals surface area contributed by atoms with Crippen molar-refractivity contribution in [1.29, 1.82) is 0 Å². The Morgan fingerprint density at radius 1 is 1.18 bits per heavy atom. The quantitative estimate of drug-likeness (QED) is 0.590. The molecule has 0 spiro atoms. The molecule has 1 aromatic carbocycles. The number of hydrogen-bond acceptors (Lipinski definition) is 4. The van der Waals surface area contributed by atoms with Gasteiger partial charge in [0, 0.05) is 44.5 Å². The number of hydrogen-bond donors (Lipinski definition) is 0. The van der Waals surface area contributed by atoms with Gasteiger partial charge in [-0.1, -0.05) is 43.1 Å². The van der Waals surface area contributed by atoms with Crippen LogP contribution in [0.3, 0.4) is 0 Å². The molecule has 1 fully saturated rings. The Morgan fingerprint density at radius 3 is 2.46 bits per heavy atom. The van der Waals surface area contributed by atoms with Crippen molar-refractivity contribution in [2.75, 3.05) is 40.8 Å². The molecule has 28 heavy (non-hydrogen) atoms. The lowest BCUT2D eigenvalue weighted by Crippen LogP contribution is -2.44. The number of unbranched alkanes of at least 4 members (excludes halogenated alkanes) is 1. The average Bonchev–Trinajstić information content (AvgIpc) is 2.88. The number of nitrogens with zero attached hydrogens (tertiary/aromatic N) is 3. The van der Waals surface area contributed by atoms with Gasteiger partial charge in [0.25, 0.3) is 0 Å². The highest BCUT2D eigenvalue weighted by molar-refractivity contribution is 6.32. The van der Waals surface area contributed by atoms with E-state index in [4.69, 9.17) is 11.6 Å². The summed E-state index contributed by atoms with van der Waals surface area (Å²) in [6, 6.07) is 7.01. The summed E-state index contributed by atoms with van der Waals surface area (Å²) in [5.41, 5.74) is -0.682. The third-order valence-corrected chi connectivity index (χ3v) is 5.62. The summed E-state index contributed by atoms with van der Waals surface area (Å²) in [6.45, 7) is 3.56. The summed E-state index contributed by atoms with van der Waals surface area (Å²) < 4.78 is 0. The largest absolute Gasteiger partial charge is 0.346 e. The fourth-order valence-electron chi connectivity index (χ4n) is 3.53. The Balaban J connectivity index is 2.39. The topological polar surface area (TPSA) is 60.9 Å². The number of halogens is 1. The van der Waals surface area contributed by atoms with E-state index in [9.17, 15) is 14.4 Å². The molecule has 6 nitrogen and oxygen atoms in total. The second kappa shape index (κ2) is 9.52. The van der Waals surface area contributed by atoms with Gasteiger partial charge in [-0.05, 0) is 32.1 Å². The van der Waals surface area contributed by atoms with Gasteiger partial charge in [0.05, 0.1) is 5.41 Å². The van der Waals surface area contributed by atoms with Gasteiger partial charge in [0.1, 0.15) is 0 Å². The second-order valence-corrected chi connectivity index (χ2v) is 8.15. The van der Waals surface area contributed by atoms with Crippen LogP contribution in [0.15, 0.2) is 24.3 Å². The van der Waals surface area contributed by atoms with Crippen molar-refractivity contribution in [3.8, 4) is 0 Å². The third-order valence-electron chi connectivity index (χ3n) is 5.29. The smallest absolute Gasteiger partial charge is 0.240 e. The van der Waals surface area contributed by atoms with Gasteiger partial charge in [-0.15, -0.1) is 0 Å². The van der Waals surface area contributed by atoms with Crippen LogP contribution >= 0.6 is 11.6 Å². The molecule has 0 aromatic heterocycles. The molecule has 1 atom stereocenters. The SMILES string of the molecule is CCCCN(C)C(=O)CC1(c2ccccc2Cl)CC(=O)N(CCN(C)C)C1=O. The number of carbonyl (C=O) groups is 3. The van der Waals surface area contributed by atoms with Gasteiger partial charge in [-0.25, -0.2) is 0 Å². The van der Waals surface area contributed by atoms with Crippen molar-refractivity contribution in [1.82, 2.24) is 14.7 Å². The molecule has 1 saturated heterocycles. The Labute approximate surface area is 172 Å². The zero-order valence-corrected chi connectivity index (χ0v) is 18.0. The number of imide groups is 1.